The fourth-order valence-corrected chi connectivity index (χ4v) is 14.0. The number of nitrogens with one attached hydrogen (secondary N) is 5. The van der Waals surface area contributed by atoms with Gasteiger partial charge in [-0.2, -0.15) is 0 Å². The first-order valence-electron chi connectivity index (χ1n) is 34.2. The van der Waals surface area contributed by atoms with Gasteiger partial charge in [-0.15, -0.1) is 0 Å². The number of fused-ring (bicyclic) bond motifs is 3. The van der Waals surface area contributed by atoms with Crippen molar-refractivity contribution in [1.82, 2.24) is 73.6 Å². The van der Waals surface area contributed by atoms with E-state index in [4.69, 9.17) is 9.47 Å². The largest absolute Gasteiger partial charge is 0.444 e. The summed E-state index contributed by atoms with van der Waals surface area (Å²) in [6.45, 7) is 18.3. The molecule has 9 heterocycles. The van der Waals surface area contributed by atoms with Gasteiger partial charge in [0.25, 0.3) is 0 Å². The first kappa shape index (κ1) is 86.6. The molecule has 0 saturated carbocycles. The number of likely N-dealkylation sites (tertiary alicyclic amines) is 2. The van der Waals surface area contributed by atoms with E-state index in [-0.39, 0.29) is 149 Å². The normalized spacial score (nSPS) is 19.4. The number of ether oxygens (including phenoxy) is 2. The van der Waals surface area contributed by atoms with E-state index in [1.54, 1.807) is 69.9 Å². The summed E-state index contributed by atoms with van der Waals surface area (Å²) in [7, 11) is 10.7. The van der Waals surface area contributed by atoms with E-state index in [0.29, 0.717) is 59.9 Å². The molecule has 5 N–H and O–H groups in total. The molecule has 12 rings (SSSR count). The summed E-state index contributed by atoms with van der Waals surface area (Å²) in [5, 5.41) is 13.6. The van der Waals surface area contributed by atoms with E-state index in [0.717, 1.165) is 112 Å². The molecule has 0 bridgehead atoms. The molecule has 8 amide bonds. The summed E-state index contributed by atoms with van der Waals surface area (Å²) in [5.74, 6) is -2.24. The smallest absolute Gasteiger partial charge is 0.410 e. The average molecular weight is 1940 g/mol. The number of amides is 8. The quantitative estimate of drug-likeness (QED) is 0.0659. The Kier molecular flexibility index (Phi) is 31.4. The second-order valence-corrected chi connectivity index (χ2v) is 28.4. The maximum atomic E-state index is 13.1. The van der Waals surface area contributed by atoms with Gasteiger partial charge in [-0.25, -0.2) is 24.0 Å². The molecule has 0 radical (unpaired) electrons. The number of imide groups is 3. The van der Waals surface area contributed by atoms with E-state index < -0.39 is 47.0 Å². The van der Waals surface area contributed by atoms with Crippen LogP contribution in [-0.4, -0.2) is 191 Å². The number of aryl methyl sites for hydroxylation is 3. The van der Waals surface area contributed by atoms with Crippen LogP contribution in [0.15, 0.2) is 69.0 Å². The van der Waals surface area contributed by atoms with Crippen LogP contribution in [0, 0.1) is 7.43 Å². The number of carbonyl (C=O) groups is 9. The van der Waals surface area contributed by atoms with E-state index in [9.17, 15) is 57.5 Å². The van der Waals surface area contributed by atoms with Crippen molar-refractivity contribution >= 4 is 87.0 Å². The number of aldehydes is 1. The number of rotatable bonds is 11. The molecule has 103 heavy (non-hydrogen) atoms. The Morgan fingerprint density at radius 3 is 1.17 bits per heavy atom. The Labute approximate surface area is 642 Å². The fourth-order valence-electron chi connectivity index (χ4n) is 14.0. The van der Waals surface area contributed by atoms with Gasteiger partial charge in [-0.05, 0) is 168 Å². The minimum absolute atomic E-state index is 0. The van der Waals surface area contributed by atoms with Crippen LogP contribution < -0.4 is 43.7 Å². The fraction of sp³-hybridized carbons (Fsp3) is 0.563. The predicted molar refractivity (Wildman–Crippen MR) is 377 cm³/mol. The number of carbonyl (C=O) groups excluding carboxylic acids is 9. The molecule has 6 fully saturated rings. The molecule has 32 heteroatoms. The van der Waals surface area contributed by atoms with E-state index in [2.05, 4.69) is 42.5 Å². The van der Waals surface area contributed by atoms with Crippen LogP contribution in [-0.2, 0) is 136 Å². The Morgan fingerprint density at radius 2 is 0.835 bits per heavy atom. The molecule has 3 atom stereocenters. The van der Waals surface area contributed by atoms with Crippen LogP contribution in [0.5, 0.6) is 0 Å². The molecule has 3 aromatic carbocycles. The number of aromatic nitrogens is 6. The number of hydrogen-bond donors (Lipinski definition) is 5. The summed E-state index contributed by atoms with van der Waals surface area (Å²) in [6.07, 6.45) is 7.67. The Hall–Kier alpha value is -7.00. The molecule has 0 spiro atoms. The number of benzene rings is 3. The molecule has 6 aliphatic rings. The van der Waals surface area contributed by atoms with Gasteiger partial charge in [-0.1, -0.05) is 30.3 Å². The zero-order chi connectivity index (χ0) is 71.9. The van der Waals surface area contributed by atoms with Crippen LogP contribution in [0.25, 0.3) is 33.1 Å². The molecule has 3 unspecified atom stereocenters. The monoisotopic (exact) mass is 1940 g/mol. The van der Waals surface area contributed by atoms with Crippen LogP contribution in [0.4, 0.5) is 9.59 Å². The van der Waals surface area contributed by atoms with Gasteiger partial charge < -0.3 is 37.3 Å². The maximum absolute atomic E-state index is 13.1. The molecule has 6 saturated heterocycles. The molecule has 29 nitrogen and oxygen atoms in total. The van der Waals surface area contributed by atoms with Gasteiger partial charge in [0.15, 0.2) is 6.29 Å². The summed E-state index contributed by atoms with van der Waals surface area (Å²) in [6, 6.07) is 15.6. The third kappa shape index (κ3) is 20.5. The van der Waals surface area contributed by atoms with Crippen LogP contribution >= 0.6 is 0 Å². The second kappa shape index (κ2) is 37.3. The van der Waals surface area contributed by atoms with Gasteiger partial charge >= 0.3 is 29.3 Å². The number of piperidine rings is 6. The zero-order valence-electron chi connectivity index (χ0n) is 61.3. The van der Waals surface area contributed by atoms with Crippen molar-refractivity contribution in [2.45, 2.75) is 179 Å². The minimum Gasteiger partial charge on any atom is -0.444 e. The van der Waals surface area contributed by atoms with Gasteiger partial charge in [0, 0.05) is 168 Å². The predicted octanol–water partition coefficient (Wildman–Crippen LogP) is 4.83. The molecule has 0 aliphatic carbocycles. The number of hydrogen-bond acceptors (Lipinski definition) is 18. The van der Waals surface area contributed by atoms with Crippen molar-refractivity contribution < 1.29 is 116 Å². The standard InChI is InChI=1S/C25H35N5O5.C20H27N5O3.C14H13N3O4.C11H22N2O2.CH3.3W/c1-25(2,3)35-24(34)27(4)17-11-13-29(14-12-17)15-16-7-6-8-18-21(16)28(5)23(33)30(18)19-9-10-20(31)26-22(19)32;1-21-14-8-10-24(11-9-14)12-13-4-3-5-15-18(13)23(2)20(28)25(15)16-6-7-17(26)22-19(16)27;1-16-12-8(7-18)3-2-4-9(12)17(14(16)21)10-5-6-11(19)15-13(10)20;1-11(2,3)15-10(14)13(4)9-5-7-12-8-6-9;;;;/h6-8,17,19H,9-15H2,1-5H3,(H,26,31,32);3-5,14,16,21H,6-12H2,1-2H3,(H,22,26,27);2-4,7,10H,5-6H2,1H3,(H,15,19,20);9,12H,5-8H2,1-4H3;1H3;;;/q;;;;-1;;;. The molecular weight excluding hydrogens is 1840 g/mol. The molecule has 3 aromatic heterocycles. The Balaban J connectivity index is 0.000000254. The van der Waals surface area contributed by atoms with Crippen molar-refractivity contribution in [3.8, 4) is 0 Å². The minimum atomic E-state index is -0.735. The van der Waals surface area contributed by atoms with E-state index >= 15 is 0 Å². The topological polar surface area (TPSA) is 326 Å². The first-order valence-corrected chi connectivity index (χ1v) is 34.2. The van der Waals surface area contributed by atoms with Crippen LogP contribution in [0.1, 0.15) is 158 Å². The Bertz CT molecular complexity index is 4230. The Morgan fingerprint density at radius 1 is 0.505 bits per heavy atom. The molecule has 562 valence electrons. The first-order chi connectivity index (χ1) is 46.9. The van der Waals surface area contributed by atoms with Gasteiger partial charge in [0.1, 0.15) is 29.3 Å². The third-order valence-electron chi connectivity index (χ3n) is 19.3. The summed E-state index contributed by atoms with van der Waals surface area (Å²) in [4.78, 5) is 153. The van der Waals surface area contributed by atoms with E-state index in [1.165, 1.54) is 13.7 Å². The number of imidazole rings is 3. The van der Waals surface area contributed by atoms with Crippen LogP contribution in [0.2, 0.25) is 0 Å². The molecule has 6 aromatic rings. The maximum Gasteiger partial charge on any atom is 0.410 e. The zero-order valence-corrected chi connectivity index (χ0v) is 70.1. The average Bonchev–Trinajstić information content (AvgIpc) is 1.62. The summed E-state index contributed by atoms with van der Waals surface area (Å²) in [5.41, 5.74) is 4.82. The molecular formula is C71H100N15O14W3-. The van der Waals surface area contributed by atoms with E-state index in [1.807, 2.05) is 86.0 Å². The number of para-hydroxylation sites is 3. The summed E-state index contributed by atoms with van der Waals surface area (Å²) < 4.78 is 19.8. The van der Waals surface area contributed by atoms with Crippen LogP contribution in [0.3, 0.4) is 0 Å². The van der Waals surface area contributed by atoms with Crippen molar-refractivity contribution in [3.05, 3.63) is 110 Å². The molecule has 6 aliphatic heterocycles. The van der Waals surface area contributed by atoms with Crippen molar-refractivity contribution in [2.75, 3.05) is 60.4 Å². The summed E-state index contributed by atoms with van der Waals surface area (Å²) >= 11 is 0. The second-order valence-electron chi connectivity index (χ2n) is 28.4. The van der Waals surface area contributed by atoms with Crippen molar-refractivity contribution in [1.29, 1.82) is 0 Å². The van der Waals surface area contributed by atoms with Gasteiger partial charge in [0.2, 0.25) is 35.4 Å². The SMILES string of the molecule is CN(C(=O)OC(C)(C)C)C1CCN(Cc2cccc3c2n(C)c(=O)n3C2CCC(=O)NC2=O)CC1.CN(C(=O)OC(C)(C)C)C1CCNCC1.CNC1CCN(Cc2cccc3c2n(C)c(=O)n3C2CCC(=O)NC2=O)CC1.Cn1c(=O)n(C2CCC(=O)NC2=O)c2cccc(C=O)c21.[CH3-].[W].[W].[W]. The van der Waals surface area contributed by atoms with Gasteiger partial charge in [-0.3, -0.25) is 86.7 Å². The van der Waals surface area contributed by atoms with Crippen molar-refractivity contribution in [3.63, 3.8) is 0 Å². The third-order valence-corrected chi connectivity index (χ3v) is 19.3. The number of nitrogens with zero attached hydrogens (tertiary/aromatic N) is 10. The van der Waals surface area contributed by atoms with Crippen molar-refractivity contribution in [2.24, 2.45) is 21.1 Å². The van der Waals surface area contributed by atoms with Gasteiger partial charge in [0.05, 0.1) is 33.1 Å².